The fourth-order valence-corrected chi connectivity index (χ4v) is 1.21. The van der Waals surface area contributed by atoms with Crippen molar-refractivity contribution in [2.45, 2.75) is 37.5 Å². The molecule has 0 aromatic rings. The fraction of sp³-hybridized carbons (Fsp3) is 0.800. The molecule has 0 amide bonds. The molecule has 0 bridgehead atoms. The van der Waals surface area contributed by atoms with Crippen molar-refractivity contribution in [3.05, 3.63) is 0 Å². The first-order chi connectivity index (χ1) is 8.67. The minimum atomic E-state index is -1.44. The molecule has 2 unspecified atom stereocenters. The van der Waals surface area contributed by atoms with Gasteiger partial charge in [-0.3, -0.25) is 0 Å². The van der Waals surface area contributed by atoms with Crippen molar-refractivity contribution in [2.24, 2.45) is 11.5 Å². The smallest absolute Gasteiger partial charge is 0.548 e. The minimum absolute atomic E-state index is 0. The van der Waals surface area contributed by atoms with Gasteiger partial charge in [0, 0.05) is 6.04 Å². The van der Waals surface area contributed by atoms with E-state index in [4.69, 9.17) is 41.5 Å². The van der Waals surface area contributed by atoms with Crippen LogP contribution in [0.5, 0.6) is 0 Å². The average Bonchev–Trinajstić information content (AvgIpc) is 2.34. The normalized spacial score (nSPS) is 23.9. The Morgan fingerprint density at radius 3 is 1.65 bits per heavy atom. The van der Waals surface area contributed by atoms with E-state index in [2.05, 4.69) is 0 Å². The number of aliphatic hydroxyl groups is 3. The first-order valence-electron chi connectivity index (χ1n) is 5.55. The van der Waals surface area contributed by atoms with Gasteiger partial charge in [-0.05, 0) is 19.3 Å². The monoisotopic (exact) mass is 475 g/mol. The zero-order chi connectivity index (χ0) is 15.5. The maximum atomic E-state index is 9.30. The largest absolute Gasteiger partial charge is 2.00 e. The average molecular weight is 475 g/mol. The second-order valence-electron chi connectivity index (χ2n) is 3.90. The molecule has 2 atom stereocenters. The molecule has 1 fully saturated rings. The third kappa shape index (κ3) is 15.5. The molecule has 1 rings (SSSR count). The van der Waals surface area contributed by atoms with E-state index in [0.717, 1.165) is 19.3 Å². The molecule has 1 saturated carbocycles. The summed E-state index contributed by atoms with van der Waals surface area (Å²) in [5.74, 6) is -2.88. The molecule has 0 aromatic heterocycles. The van der Waals surface area contributed by atoms with Crippen LogP contribution in [0.2, 0.25) is 0 Å². The third-order valence-corrected chi connectivity index (χ3v) is 2.24. The van der Waals surface area contributed by atoms with Gasteiger partial charge >= 0.3 is 21.1 Å². The van der Waals surface area contributed by atoms with Crippen LogP contribution in [0.3, 0.4) is 0 Å². The molecule has 0 aromatic carbocycles. The molecule has 0 radical (unpaired) electrons. The van der Waals surface area contributed by atoms with Crippen molar-refractivity contribution in [3.8, 4) is 0 Å². The Kier molecular flexibility index (Phi) is 16.4. The second kappa shape index (κ2) is 13.4. The molecular formula is C10H20N2O7Pt. The van der Waals surface area contributed by atoms with Gasteiger partial charge in [-0.2, -0.15) is 0 Å². The van der Waals surface area contributed by atoms with Crippen molar-refractivity contribution in [2.75, 3.05) is 13.2 Å². The molecule has 9 nitrogen and oxygen atoms in total. The Bertz CT molecular complexity index is 262. The van der Waals surface area contributed by atoms with E-state index in [1.807, 2.05) is 0 Å². The first-order valence-corrected chi connectivity index (χ1v) is 5.55. The van der Waals surface area contributed by atoms with Crippen molar-refractivity contribution in [1.82, 2.24) is 0 Å². The van der Waals surface area contributed by atoms with E-state index in [-0.39, 0.29) is 27.1 Å². The number of carboxylic acids is 2. The summed E-state index contributed by atoms with van der Waals surface area (Å²) < 4.78 is 0. The summed E-state index contributed by atoms with van der Waals surface area (Å²) in [5.41, 5.74) is 9.90. The zero-order valence-electron chi connectivity index (χ0n) is 10.8. The molecule has 122 valence electrons. The Balaban J connectivity index is -0.000000230. The van der Waals surface area contributed by atoms with Crippen LogP contribution in [-0.2, 0) is 30.7 Å². The van der Waals surface area contributed by atoms with Crippen LogP contribution >= 0.6 is 0 Å². The molecule has 10 heteroatoms. The number of carbonyl (C=O) groups is 2. The van der Waals surface area contributed by atoms with E-state index in [1.54, 1.807) is 0 Å². The summed E-state index contributed by atoms with van der Waals surface area (Å²) in [6.45, 7) is -1.78. The number of rotatable bonds is 2. The molecular weight excluding hydrogens is 455 g/mol. The van der Waals surface area contributed by atoms with Crippen LogP contribution in [0.1, 0.15) is 25.7 Å². The van der Waals surface area contributed by atoms with E-state index >= 15 is 0 Å². The Morgan fingerprint density at radius 1 is 1.15 bits per heavy atom. The number of nitrogens with two attached hydrogens (primary N) is 2. The number of carboxylic acid groups (broad SMARTS) is 2. The van der Waals surface area contributed by atoms with Gasteiger partial charge in [0.15, 0.2) is 0 Å². The third-order valence-electron chi connectivity index (χ3n) is 2.24. The van der Waals surface area contributed by atoms with Gasteiger partial charge in [0.05, 0.1) is 25.2 Å². The summed E-state index contributed by atoms with van der Waals surface area (Å²) in [6, 6.07) is -0.216. The van der Waals surface area contributed by atoms with Crippen LogP contribution in [0.4, 0.5) is 0 Å². The summed E-state index contributed by atoms with van der Waals surface area (Å²) in [5, 5.41) is 42.3. The quantitative estimate of drug-likeness (QED) is 0.243. The molecule has 0 aliphatic heterocycles. The maximum absolute atomic E-state index is 9.30. The van der Waals surface area contributed by atoms with Crippen LogP contribution < -0.4 is 21.7 Å². The predicted molar refractivity (Wildman–Crippen MR) is 59.8 cm³/mol. The second-order valence-corrected chi connectivity index (χ2v) is 3.90. The van der Waals surface area contributed by atoms with Gasteiger partial charge in [-0.25, -0.2) is 0 Å². The van der Waals surface area contributed by atoms with E-state index < -0.39 is 30.9 Å². The van der Waals surface area contributed by atoms with Gasteiger partial charge in [0.25, 0.3) is 0 Å². The van der Waals surface area contributed by atoms with Crippen molar-refractivity contribution in [1.29, 1.82) is 0 Å². The molecule has 20 heavy (non-hydrogen) atoms. The zero-order valence-corrected chi connectivity index (χ0v) is 13.0. The predicted octanol–water partition coefficient (Wildman–Crippen LogP) is -5.01. The SMILES string of the molecule is NC1CCCCC1(N)O.O=C([O-])CO.O=C([O-])CO.[Pt+2]. The minimum Gasteiger partial charge on any atom is -0.548 e. The Hall–Kier alpha value is -0.572. The molecule has 0 heterocycles. The Labute approximate surface area is 130 Å². The summed E-state index contributed by atoms with van der Waals surface area (Å²) >= 11 is 0. The van der Waals surface area contributed by atoms with Gasteiger partial charge in [0.1, 0.15) is 5.72 Å². The number of hydrogen-bond acceptors (Lipinski definition) is 9. The van der Waals surface area contributed by atoms with Crippen molar-refractivity contribution >= 4 is 11.9 Å². The fourth-order valence-electron chi connectivity index (χ4n) is 1.21. The van der Waals surface area contributed by atoms with Crippen molar-refractivity contribution < 1.29 is 56.2 Å². The molecule has 1 aliphatic carbocycles. The number of carbonyl (C=O) groups excluding carboxylic acids is 2. The first kappa shape index (κ1) is 24.4. The number of aliphatic hydroxyl groups excluding tert-OH is 2. The van der Waals surface area contributed by atoms with Crippen LogP contribution in [0, 0.1) is 0 Å². The van der Waals surface area contributed by atoms with Gasteiger partial charge in [0.2, 0.25) is 0 Å². The summed E-state index contributed by atoms with van der Waals surface area (Å²) in [4.78, 5) is 18.0. The van der Waals surface area contributed by atoms with E-state index in [9.17, 15) is 5.11 Å². The summed E-state index contributed by atoms with van der Waals surface area (Å²) in [7, 11) is 0. The van der Waals surface area contributed by atoms with E-state index in [0.29, 0.717) is 6.42 Å². The molecule has 7 N–H and O–H groups in total. The maximum Gasteiger partial charge on any atom is 2.00 e. The van der Waals surface area contributed by atoms with Crippen molar-refractivity contribution in [3.63, 3.8) is 0 Å². The standard InChI is InChI=1S/C6H14N2O.2C2H4O3.Pt/c7-5-3-1-2-4-6(5,8)9;2*3-1-2(4)5;/h5,9H,1-4,7-8H2;2*3H,1H2,(H,4,5);/q;;;+2/p-2. The van der Waals surface area contributed by atoms with Crippen LogP contribution in [0.15, 0.2) is 0 Å². The molecule has 1 aliphatic rings. The number of aliphatic carboxylic acids is 2. The van der Waals surface area contributed by atoms with Gasteiger partial charge in [-0.1, -0.05) is 6.42 Å². The van der Waals surface area contributed by atoms with Gasteiger partial charge < -0.3 is 46.6 Å². The number of hydrogen-bond donors (Lipinski definition) is 5. The van der Waals surface area contributed by atoms with Gasteiger partial charge in [-0.15, -0.1) is 0 Å². The summed E-state index contributed by atoms with van der Waals surface area (Å²) in [6.07, 6.45) is 3.60. The van der Waals surface area contributed by atoms with Crippen LogP contribution in [0.25, 0.3) is 0 Å². The van der Waals surface area contributed by atoms with E-state index in [1.165, 1.54) is 0 Å². The Morgan fingerprint density at radius 2 is 1.50 bits per heavy atom. The topological polar surface area (TPSA) is 193 Å². The van der Waals surface area contributed by atoms with Crippen LogP contribution in [-0.4, -0.2) is 52.2 Å². The molecule has 0 saturated heterocycles. The molecule has 0 spiro atoms.